The van der Waals surface area contributed by atoms with E-state index in [1.807, 2.05) is 62.4 Å². The van der Waals surface area contributed by atoms with E-state index in [9.17, 15) is 24.3 Å². The van der Waals surface area contributed by atoms with Crippen LogP contribution in [0.15, 0.2) is 54.6 Å². The topological polar surface area (TPSA) is 161 Å². The number of carboxylic acid groups (broad SMARTS) is 1. The lowest BCUT2D eigenvalue weighted by molar-refractivity contribution is -0.151. The van der Waals surface area contributed by atoms with Gasteiger partial charge in [0.1, 0.15) is 23.6 Å². The van der Waals surface area contributed by atoms with Crippen molar-refractivity contribution in [2.45, 2.75) is 64.3 Å². The first-order valence-electron chi connectivity index (χ1n) is 14.4. The Morgan fingerprint density at radius 2 is 1.84 bits per heavy atom. The molecule has 4 N–H and O–H groups in total. The Bertz CT molecular complexity index is 1490. The number of methoxy groups -OCH3 is 1. The second kappa shape index (κ2) is 13.6. The molecule has 0 aliphatic carbocycles. The first-order chi connectivity index (χ1) is 20.5. The van der Waals surface area contributed by atoms with Crippen molar-refractivity contribution in [1.82, 2.24) is 15.2 Å². The van der Waals surface area contributed by atoms with E-state index in [4.69, 9.17) is 20.2 Å². The molecule has 2 aromatic carbocycles. The van der Waals surface area contributed by atoms with Gasteiger partial charge in [0.05, 0.1) is 36.9 Å². The molecule has 1 aromatic heterocycles. The lowest BCUT2D eigenvalue weighted by Gasteiger charge is -2.28. The highest BCUT2D eigenvalue weighted by Gasteiger charge is 2.43. The average Bonchev–Trinajstić information content (AvgIpc) is 3.43. The number of carbonyl (C=O) groups excluding carboxylic acids is 3. The number of ether oxygens (including phenoxy) is 2. The maximum absolute atomic E-state index is 13.5. The molecule has 2 heterocycles. The molecule has 3 aromatic rings. The summed E-state index contributed by atoms with van der Waals surface area (Å²) in [4.78, 5) is 56.8. The average molecular weight is 591 g/mol. The summed E-state index contributed by atoms with van der Waals surface area (Å²) in [5.74, 6) is -2.83. The first kappa shape index (κ1) is 31.4. The molecular weight excluding hydrogens is 552 g/mol. The molecule has 4 rings (SSSR count). The van der Waals surface area contributed by atoms with Crippen molar-refractivity contribution in [2.24, 2.45) is 11.7 Å². The zero-order chi connectivity index (χ0) is 31.3. The van der Waals surface area contributed by atoms with E-state index in [0.717, 1.165) is 10.9 Å². The molecule has 11 heteroatoms. The van der Waals surface area contributed by atoms with E-state index in [1.54, 1.807) is 20.1 Å². The van der Waals surface area contributed by atoms with Gasteiger partial charge in [0.15, 0.2) is 0 Å². The monoisotopic (exact) mass is 590 g/mol. The van der Waals surface area contributed by atoms with Crippen molar-refractivity contribution in [3.05, 3.63) is 54.6 Å². The van der Waals surface area contributed by atoms with Crippen LogP contribution in [0.25, 0.3) is 22.2 Å². The van der Waals surface area contributed by atoms with Crippen LogP contribution < -0.4 is 20.5 Å². The van der Waals surface area contributed by atoms with Gasteiger partial charge in [-0.25, -0.2) is 9.78 Å². The number of Topliss-reactive ketones (excluding diaryl/α,β-unsaturated/α-hetero) is 1. The van der Waals surface area contributed by atoms with Crippen LogP contribution in [-0.4, -0.2) is 76.4 Å². The number of pyridine rings is 1. The number of carboxylic acids is 1. The third kappa shape index (κ3) is 7.11. The van der Waals surface area contributed by atoms with Crippen LogP contribution in [0, 0.1) is 5.92 Å². The van der Waals surface area contributed by atoms with Crippen LogP contribution in [0.2, 0.25) is 0 Å². The molecule has 228 valence electrons. The molecule has 0 radical (unpaired) electrons. The number of nitrogens with one attached hydrogen (secondary N) is 1. The lowest BCUT2D eigenvalue weighted by Crippen LogP contribution is -2.55. The van der Waals surface area contributed by atoms with E-state index < -0.39 is 47.8 Å². The molecule has 1 fully saturated rings. The van der Waals surface area contributed by atoms with E-state index >= 15 is 0 Å². The largest absolute Gasteiger partial charge is 0.497 e. The van der Waals surface area contributed by atoms with E-state index in [0.29, 0.717) is 29.1 Å². The van der Waals surface area contributed by atoms with Gasteiger partial charge in [-0.3, -0.25) is 14.4 Å². The number of nitrogens with two attached hydrogens (primary N) is 1. The Labute approximate surface area is 250 Å². The molecule has 4 atom stereocenters. The van der Waals surface area contributed by atoms with Gasteiger partial charge in [0.25, 0.3) is 5.78 Å². The molecule has 43 heavy (non-hydrogen) atoms. The number of ketones is 1. The zero-order valence-electron chi connectivity index (χ0n) is 24.8. The predicted octanol–water partition coefficient (Wildman–Crippen LogP) is 3.18. The fourth-order valence-electron chi connectivity index (χ4n) is 5.16. The van der Waals surface area contributed by atoms with Gasteiger partial charge < -0.3 is 30.5 Å². The number of hydrogen-bond donors (Lipinski definition) is 3. The minimum atomic E-state index is -1.63. The van der Waals surface area contributed by atoms with Gasteiger partial charge in [-0.1, -0.05) is 57.5 Å². The van der Waals surface area contributed by atoms with E-state index in [2.05, 4.69) is 5.32 Å². The number of rotatable bonds is 12. The molecule has 0 spiro atoms. The van der Waals surface area contributed by atoms with Gasteiger partial charge in [-0.05, 0) is 24.5 Å². The quantitative estimate of drug-likeness (QED) is 0.269. The van der Waals surface area contributed by atoms with Crippen LogP contribution in [-0.2, 0) is 19.2 Å². The van der Waals surface area contributed by atoms with Crippen LogP contribution in [0.3, 0.4) is 0 Å². The highest BCUT2D eigenvalue weighted by atomic mass is 16.5. The van der Waals surface area contributed by atoms with E-state index in [-0.39, 0.29) is 25.3 Å². The lowest BCUT2D eigenvalue weighted by atomic mass is 10.0. The maximum atomic E-state index is 13.5. The number of likely N-dealkylation sites (tertiary alicyclic amines) is 1. The number of hydrogen-bond acceptors (Lipinski definition) is 8. The molecule has 1 aliphatic heterocycles. The van der Waals surface area contributed by atoms with Crippen molar-refractivity contribution in [2.75, 3.05) is 13.7 Å². The summed E-state index contributed by atoms with van der Waals surface area (Å²) in [6, 6.07) is 13.8. The van der Waals surface area contributed by atoms with Crippen LogP contribution in [0.4, 0.5) is 0 Å². The van der Waals surface area contributed by atoms with Crippen molar-refractivity contribution in [1.29, 1.82) is 0 Å². The third-order valence-electron chi connectivity index (χ3n) is 7.62. The van der Waals surface area contributed by atoms with Gasteiger partial charge in [0.2, 0.25) is 11.8 Å². The summed E-state index contributed by atoms with van der Waals surface area (Å²) in [6.45, 7) is 5.48. The Morgan fingerprint density at radius 3 is 2.47 bits per heavy atom. The highest BCUT2D eigenvalue weighted by molar-refractivity contribution is 6.35. The minimum Gasteiger partial charge on any atom is -0.497 e. The molecule has 11 nitrogen and oxygen atoms in total. The zero-order valence-corrected chi connectivity index (χ0v) is 24.8. The minimum absolute atomic E-state index is 0.0727. The predicted molar refractivity (Wildman–Crippen MR) is 161 cm³/mol. The van der Waals surface area contributed by atoms with Crippen molar-refractivity contribution in [3.8, 4) is 22.8 Å². The first-order valence-corrected chi connectivity index (χ1v) is 14.4. The summed E-state index contributed by atoms with van der Waals surface area (Å²) < 4.78 is 11.9. The maximum Gasteiger partial charge on any atom is 0.374 e. The second-order valence-electron chi connectivity index (χ2n) is 11.0. The number of carbonyl (C=O) groups is 4. The van der Waals surface area contributed by atoms with Crippen molar-refractivity contribution < 1.29 is 33.8 Å². The fourth-order valence-corrected chi connectivity index (χ4v) is 5.16. The summed E-state index contributed by atoms with van der Waals surface area (Å²) in [5, 5.41) is 12.5. The Balaban J connectivity index is 1.68. The van der Waals surface area contributed by atoms with Crippen molar-refractivity contribution in [3.63, 3.8) is 0 Å². The van der Waals surface area contributed by atoms with Crippen LogP contribution >= 0.6 is 0 Å². The smallest absolute Gasteiger partial charge is 0.374 e. The number of amides is 2. The van der Waals surface area contributed by atoms with Gasteiger partial charge >= 0.3 is 5.97 Å². The Hall–Kier alpha value is -4.51. The Kier molecular flexibility index (Phi) is 9.97. The van der Waals surface area contributed by atoms with E-state index in [1.165, 1.54) is 4.90 Å². The molecule has 1 aliphatic rings. The summed E-state index contributed by atoms with van der Waals surface area (Å²) >= 11 is 0. The number of aliphatic carboxylic acids is 1. The summed E-state index contributed by atoms with van der Waals surface area (Å²) in [7, 11) is 1.58. The molecule has 1 saturated heterocycles. The van der Waals surface area contributed by atoms with Crippen LogP contribution in [0.1, 0.15) is 40.0 Å². The van der Waals surface area contributed by atoms with Crippen molar-refractivity contribution >= 4 is 34.5 Å². The molecule has 2 amide bonds. The second-order valence-corrected chi connectivity index (χ2v) is 11.0. The number of fused-ring (bicyclic) bond motifs is 1. The highest BCUT2D eigenvalue weighted by Crippen LogP contribution is 2.34. The van der Waals surface area contributed by atoms with Gasteiger partial charge in [-0.15, -0.1) is 0 Å². The molecule has 0 bridgehead atoms. The normalized spacial score (nSPS) is 17.9. The van der Waals surface area contributed by atoms with Gasteiger partial charge in [0, 0.05) is 29.5 Å². The number of benzene rings is 2. The third-order valence-corrected chi connectivity index (χ3v) is 7.62. The number of nitrogens with zero attached hydrogens (tertiary/aromatic N) is 2. The summed E-state index contributed by atoms with van der Waals surface area (Å²) in [6.07, 6.45) is 0.140. The van der Waals surface area contributed by atoms with Crippen LogP contribution in [0.5, 0.6) is 11.5 Å². The van der Waals surface area contributed by atoms with Gasteiger partial charge in [-0.2, -0.15) is 0 Å². The molecule has 4 unspecified atom stereocenters. The number of aromatic nitrogens is 1. The fraction of sp³-hybridized carbons (Fsp3) is 0.406. The standard InChI is InChI=1S/C32H38N4O7/c1-5-9-23(29(37)32(40)41)35-30(38)26-15-21(17-36(26)31(39)28(33)18(2)3)43-27-16-24(19-10-7-6-8-11-19)34-25-14-20(42-4)12-13-22(25)27/h6-8,10-14,16,18,21,23,26,28H,5,9,15,17,33H2,1-4H3,(H,35,38)(H,40,41). The SMILES string of the molecule is CCCC(NC(=O)C1CC(Oc2cc(-c3ccccc3)nc3cc(OC)ccc23)CN1C(=O)C(N)C(C)C)C(=O)C(=O)O. The molecule has 0 saturated carbocycles. The Morgan fingerprint density at radius 1 is 1.12 bits per heavy atom. The molecular formula is C32H38N4O7. The summed E-state index contributed by atoms with van der Waals surface area (Å²) in [5.41, 5.74) is 8.41.